The van der Waals surface area contributed by atoms with Crippen LogP contribution in [0.3, 0.4) is 0 Å². The normalized spacial score (nSPS) is 17.1. The lowest BCUT2D eigenvalue weighted by Gasteiger charge is -2.38. The average molecular weight is 321 g/mol. The van der Waals surface area contributed by atoms with E-state index in [2.05, 4.69) is 54.7 Å². The summed E-state index contributed by atoms with van der Waals surface area (Å²) in [6.07, 6.45) is 4.11. The summed E-state index contributed by atoms with van der Waals surface area (Å²) in [7, 11) is 2.15. The summed E-state index contributed by atoms with van der Waals surface area (Å²) in [6, 6.07) is 11.3. The van der Waals surface area contributed by atoms with Gasteiger partial charge in [0, 0.05) is 43.7 Å². The second-order valence-corrected chi connectivity index (χ2v) is 6.88. The van der Waals surface area contributed by atoms with Gasteiger partial charge < -0.3 is 15.1 Å². The minimum atomic E-state index is 0.0855. The van der Waals surface area contributed by atoms with Crippen molar-refractivity contribution in [1.29, 1.82) is 0 Å². The predicted octanol–water partition coefficient (Wildman–Crippen LogP) is 3.05. The number of hydrogen-bond donors (Lipinski definition) is 1. The highest BCUT2D eigenvalue weighted by atomic mass is 32.2. The van der Waals surface area contributed by atoms with Crippen molar-refractivity contribution in [3.8, 4) is 0 Å². The van der Waals surface area contributed by atoms with Crippen LogP contribution in [-0.2, 0) is 0 Å². The average Bonchev–Trinajstić information content (AvgIpc) is 2.55. The van der Waals surface area contributed by atoms with Crippen molar-refractivity contribution in [2.45, 2.75) is 31.8 Å². The third kappa shape index (κ3) is 4.57. The number of urea groups is 1. The number of para-hydroxylation sites is 1. The van der Waals surface area contributed by atoms with Gasteiger partial charge in [0.05, 0.1) is 0 Å². The van der Waals surface area contributed by atoms with Crippen LogP contribution in [0.5, 0.6) is 0 Å². The predicted molar refractivity (Wildman–Crippen MR) is 95.8 cm³/mol. The van der Waals surface area contributed by atoms with E-state index in [1.165, 1.54) is 5.69 Å². The number of piperidine rings is 1. The summed E-state index contributed by atoms with van der Waals surface area (Å²) in [6.45, 7) is 3.73. The second kappa shape index (κ2) is 8.32. The lowest BCUT2D eigenvalue weighted by Crippen LogP contribution is -2.50. The Kier molecular flexibility index (Phi) is 6.43. The highest BCUT2D eigenvalue weighted by Crippen LogP contribution is 2.21. The monoisotopic (exact) mass is 321 g/mol. The van der Waals surface area contributed by atoms with Crippen LogP contribution in [0.4, 0.5) is 10.5 Å². The Morgan fingerprint density at radius 2 is 2.00 bits per heavy atom. The number of carbonyl (C=O) groups excluding carboxylic acids is 1. The van der Waals surface area contributed by atoms with E-state index in [0.717, 1.165) is 31.7 Å². The van der Waals surface area contributed by atoms with Gasteiger partial charge in [0.25, 0.3) is 0 Å². The molecule has 0 aliphatic carbocycles. The van der Waals surface area contributed by atoms with E-state index in [1.54, 1.807) is 11.8 Å². The Labute approximate surface area is 138 Å². The summed E-state index contributed by atoms with van der Waals surface area (Å²) < 4.78 is 0. The van der Waals surface area contributed by atoms with E-state index < -0.39 is 0 Å². The van der Waals surface area contributed by atoms with Gasteiger partial charge in [0.1, 0.15) is 0 Å². The molecule has 1 aromatic rings. The van der Waals surface area contributed by atoms with Gasteiger partial charge in [0.2, 0.25) is 0 Å². The number of thioether (sulfide) groups is 1. The molecule has 5 heteroatoms. The molecule has 2 amide bonds. The number of carbonyl (C=O) groups is 1. The molecule has 1 aromatic carbocycles. The fraction of sp³-hybridized carbons (Fsp3) is 0.588. The molecule has 22 heavy (non-hydrogen) atoms. The fourth-order valence-electron chi connectivity index (χ4n) is 2.92. The summed E-state index contributed by atoms with van der Waals surface area (Å²) in [5, 5.41) is 3.08. The third-order valence-electron chi connectivity index (χ3n) is 4.25. The Balaban J connectivity index is 1.81. The molecule has 2 rings (SSSR count). The van der Waals surface area contributed by atoms with Crippen LogP contribution in [-0.4, -0.2) is 55.2 Å². The minimum absolute atomic E-state index is 0.0855. The molecular formula is C17H27N3OS. The molecule has 1 heterocycles. The van der Waals surface area contributed by atoms with E-state index >= 15 is 0 Å². The second-order valence-electron chi connectivity index (χ2n) is 5.97. The number of likely N-dealkylation sites (tertiary alicyclic amines) is 1. The summed E-state index contributed by atoms with van der Waals surface area (Å²) in [5.41, 5.74) is 1.25. The van der Waals surface area contributed by atoms with Gasteiger partial charge >= 0.3 is 6.03 Å². The lowest BCUT2D eigenvalue weighted by molar-refractivity contribution is 0.179. The van der Waals surface area contributed by atoms with Gasteiger partial charge in [-0.3, -0.25) is 0 Å². The van der Waals surface area contributed by atoms with Crippen molar-refractivity contribution < 1.29 is 4.79 Å². The summed E-state index contributed by atoms with van der Waals surface area (Å²) in [4.78, 5) is 16.5. The standard InChI is InChI=1S/C17H27N3OS/c1-14(13-22-3)18-17(21)20-11-9-16(10-12-20)19(2)15-7-5-4-6-8-15/h4-8,14,16H,9-13H2,1-3H3,(H,18,21). The van der Waals surface area contributed by atoms with E-state index in [1.807, 2.05) is 11.0 Å². The number of nitrogens with zero attached hydrogens (tertiary/aromatic N) is 2. The van der Waals surface area contributed by atoms with Gasteiger partial charge in [0.15, 0.2) is 0 Å². The highest BCUT2D eigenvalue weighted by molar-refractivity contribution is 7.98. The number of rotatable bonds is 5. The highest BCUT2D eigenvalue weighted by Gasteiger charge is 2.25. The molecule has 1 fully saturated rings. The molecule has 0 spiro atoms. The van der Waals surface area contributed by atoms with Crippen LogP contribution in [0.2, 0.25) is 0 Å². The van der Waals surface area contributed by atoms with E-state index in [-0.39, 0.29) is 12.1 Å². The van der Waals surface area contributed by atoms with E-state index in [9.17, 15) is 4.79 Å². The quantitative estimate of drug-likeness (QED) is 0.905. The molecule has 1 atom stereocenters. The first kappa shape index (κ1) is 17.0. The van der Waals surface area contributed by atoms with Gasteiger partial charge in [-0.05, 0) is 38.2 Å². The summed E-state index contributed by atoms with van der Waals surface area (Å²) in [5.74, 6) is 0.957. The molecule has 0 saturated carbocycles. The molecule has 0 bridgehead atoms. The van der Waals surface area contributed by atoms with Gasteiger partial charge in [-0.2, -0.15) is 11.8 Å². The van der Waals surface area contributed by atoms with E-state index in [4.69, 9.17) is 0 Å². The smallest absolute Gasteiger partial charge is 0.317 e. The molecule has 1 unspecified atom stereocenters. The van der Waals surface area contributed by atoms with Crippen LogP contribution < -0.4 is 10.2 Å². The number of nitrogens with one attached hydrogen (secondary N) is 1. The van der Waals surface area contributed by atoms with Crippen molar-refractivity contribution in [2.24, 2.45) is 0 Å². The zero-order valence-electron chi connectivity index (χ0n) is 13.8. The van der Waals surface area contributed by atoms with Crippen LogP contribution in [0, 0.1) is 0 Å². The van der Waals surface area contributed by atoms with Crippen LogP contribution in [0.1, 0.15) is 19.8 Å². The minimum Gasteiger partial charge on any atom is -0.371 e. The van der Waals surface area contributed by atoms with Gasteiger partial charge in [-0.25, -0.2) is 4.79 Å². The van der Waals surface area contributed by atoms with E-state index in [0.29, 0.717) is 6.04 Å². The van der Waals surface area contributed by atoms with Crippen LogP contribution in [0.25, 0.3) is 0 Å². The Bertz CT molecular complexity index is 460. The molecule has 0 radical (unpaired) electrons. The zero-order chi connectivity index (χ0) is 15.9. The Morgan fingerprint density at radius 1 is 1.36 bits per heavy atom. The largest absolute Gasteiger partial charge is 0.371 e. The van der Waals surface area contributed by atoms with Crippen molar-refractivity contribution >= 4 is 23.5 Å². The molecular weight excluding hydrogens is 294 g/mol. The van der Waals surface area contributed by atoms with Gasteiger partial charge in [-0.15, -0.1) is 0 Å². The molecule has 0 aromatic heterocycles. The Morgan fingerprint density at radius 3 is 2.59 bits per heavy atom. The van der Waals surface area contributed by atoms with Crippen molar-refractivity contribution in [1.82, 2.24) is 10.2 Å². The maximum Gasteiger partial charge on any atom is 0.317 e. The fourth-order valence-corrected chi connectivity index (χ4v) is 3.51. The number of hydrogen-bond acceptors (Lipinski definition) is 3. The topological polar surface area (TPSA) is 35.6 Å². The summed E-state index contributed by atoms with van der Waals surface area (Å²) >= 11 is 1.76. The maximum absolute atomic E-state index is 12.2. The van der Waals surface area contributed by atoms with Gasteiger partial charge in [-0.1, -0.05) is 18.2 Å². The first-order valence-electron chi connectivity index (χ1n) is 7.94. The Hall–Kier alpha value is -1.36. The number of benzene rings is 1. The molecule has 1 aliphatic heterocycles. The van der Waals surface area contributed by atoms with Crippen molar-refractivity contribution in [3.05, 3.63) is 30.3 Å². The van der Waals surface area contributed by atoms with Crippen molar-refractivity contribution in [3.63, 3.8) is 0 Å². The number of anilines is 1. The first-order chi connectivity index (χ1) is 10.6. The SMILES string of the molecule is CSCC(C)NC(=O)N1CCC(N(C)c2ccccc2)CC1. The van der Waals surface area contributed by atoms with Crippen LogP contribution in [0.15, 0.2) is 30.3 Å². The zero-order valence-corrected chi connectivity index (χ0v) is 14.6. The first-order valence-corrected chi connectivity index (χ1v) is 9.33. The molecule has 4 nitrogen and oxygen atoms in total. The molecule has 1 N–H and O–H groups in total. The van der Waals surface area contributed by atoms with Crippen LogP contribution >= 0.6 is 11.8 Å². The maximum atomic E-state index is 12.2. The molecule has 1 saturated heterocycles. The lowest BCUT2D eigenvalue weighted by atomic mass is 10.0. The molecule has 122 valence electrons. The third-order valence-corrected chi connectivity index (χ3v) is 5.08. The van der Waals surface area contributed by atoms with Crippen molar-refractivity contribution in [2.75, 3.05) is 37.0 Å². The number of amides is 2. The molecule has 1 aliphatic rings.